The van der Waals surface area contributed by atoms with E-state index in [9.17, 15) is 8.42 Å². The van der Waals surface area contributed by atoms with Crippen molar-refractivity contribution in [1.82, 2.24) is 9.29 Å². The van der Waals surface area contributed by atoms with Crippen LogP contribution in [0.4, 0.5) is 0 Å². The highest BCUT2D eigenvalue weighted by Gasteiger charge is 2.25. The number of rotatable bonds is 10. The van der Waals surface area contributed by atoms with E-state index < -0.39 is 10.0 Å². The van der Waals surface area contributed by atoms with Crippen LogP contribution in [0.25, 0.3) is 0 Å². The van der Waals surface area contributed by atoms with Crippen molar-refractivity contribution in [3.05, 3.63) is 75.2 Å². The molecule has 0 aliphatic heterocycles. The number of aromatic nitrogens is 1. The van der Waals surface area contributed by atoms with Crippen LogP contribution in [-0.4, -0.2) is 38.0 Å². The van der Waals surface area contributed by atoms with E-state index in [1.54, 1.807) is 31.4 Å². The molecular formula is C23H28N2O4S2. The Morgan fingerprint density at radius 1 is 1.06 bits per heavy atom. The summed E-state index contributed by atoms with van der Waals surface area (Å²) in [4.78, 5) is 4.86. The summed E-state index contributed by atoms with van der Waals surface area (Å²) in [7, 11) is -2.10. The average molecular weight is 461 g/mol. The summed E-state index contributed by atoms with van der Waals surface area (Å²) in [5.74, 6) is 0.834. The van der Waals surface area contributed by atoms with Crippen molar-refractivity contribution in [3.63, 3.8) is 0 Å². The van der Waals surface area contributed by atoms with E-state index in [-0.39, 0.29) is 18.0 Å². The van der Waals surface area contributed by atoms with Crippen LogP contribution in [0.3, 0.4) is 0 Å². The normalized spacial score (nSPS) is 11.8. The van der Waals surface area contributed by atoms with Crippen LogP contribution < -0.4 is 4.74 Å². The van der Waals surface area contributed by atoms with E-state index in [1.165, 1.54) is 21.2 Å². The number of hydrogen-bond donors (Lipinski definition) is 0. The lowest BCUT2D eigenvalue weighted by Crippen LogP contribution is -2.33. The molecule has 0 saturated carbocycles. The molecular weight excluding hydrogens is 432 g/mol. The van der Waals surface area contributed by atoms with Gasteiger partial charge in [-0.3, -0.25) is 0 Å². The molecule has 0 spiro atoms. The third-order valence-electron chi connectivity index (χ3n) is 5.05. The number of aryl methyl sites for hydroxylation is 2. The third-order valence-corrected chi connectivity index (χ3v) is 7.78. The van der Waals surface area contributed by atoms with Gasteiger partial charge in [0.2, 0.25) is 10.0 Å². The van der Waals surface area contributed by atoms with Gasteiger partial charge in [-0.25, -0.2) is 13.4 Å². The fourth-order valence-electron chi connectivity index (χ4n) is 3.03. The number of hydrogen-bond acceptors (Lipinski definition) is 6. The molecule has 3 rings (SSSR count). The van der Waals surface area contributed by atoms with Crippen LogP contribution in [0.15, 0.2) is 52.7 Å². The zero-order chi connectivity index (χ0) is 22.4. The second-order valence-corrected chi connectivity index (χ2v) is 10.2. The highest BCUT2D eigenvalue weighted by Crippen LogP contribution is 2.23. The highest BCUT2D eigenvalue weighted by molar-refractivity contribution is 7.89. The second kappa shape index (κ2) is 10.4. The van der Waals surface area contributed by atoms with Gasteiger partial charge in [0.15, 0.2) is 0 Å². The molecule has 166 valence electrons. The van der Waals surface area contributed by atoms with Gasteiger partial charge in [-0.1, -0.05) is 29.8 Å². The first kappa shape index (κ1) is 23.4. The lowest BCUT2D eigenvalue weighted by atomic mass is 10.1. The molecule has 0 N–H and O–H groups in total. The van der Waals surface area contributed by atoms with E-state index >= 15 is 0 Å². The summed E-state index contributed by atoms with van der Waals surface area (Å²) in [5.41, 5.74) is 3.98. The van der Waals surface area contributed by atoms with Crippen LogP contribution in [0.5, 0.6) is 5.75 Å². The molecule has 0 unspecified atom stereocenters. The Hall–Kier alpha value is -2.26. The summed E-state index contributed by atoms with van der Waals surface area (Å²) in [6.07, 6.45) is 0. The molecule has 6 nitrogen and oxygen atoms in total. The maximum Gasteiger partial charge on any atom is 0.243 e. The van der Waals surface area contributed by atoms with Crippen LogP contribution in [0.2, 0.25) is 0 Å². The molecule has 1 aromatic heterocycles. The predicted molar refractivity (Wildman–Crippen MR) is 123 cm³/mol. The second-order valence-electron chi connectivity index (χ2n) is 7.36. The first-order chi connectivity index (χ1) is 14.8. The van der Waals surface area contributed by atoms with Gasteiger partial charge in [0.05, 0.1) is 23.7 Å². The van der Waals surface area contributed by atoms with Crippen molar-refractivity contribution in [3.8, 4) is 5.75 Å². The van der Waals surface area contributed by atoms with Gasteiger partial charge in [-0.2, -0.15) is 4.31 Å². The predicted octanol–water partition coefficient (Wildman–Crippen LogP) is 4.48. The van der Waals surface area contributed by atoms with Gasteiger partial charge < -0.3 is 9.47 Å². The fourth-order valence-corrected chi connectivity index (χ4v) is 5.12. The number of nitrogens with zero attached hydrogens (tertiary/aromatic N) is 2. The number of thiazole rings is 1. The standard InChI is InChI=1S/C23H28N2O4S2/c1-17-8-10-21(11-9-17)31(26,27)25(12-13-28-4)14-20-16-30-23(24-20)15-29-22-7-5-6-18(2)19(22)3/h5-11,16H,12-15H2,1-4H3. The molecule has 0 amide bonds. The van der Waals surface area contributed by atoms with E-state index in [0.29, 0.717) is 18.9 Å². The molecule has 0 bridgehead atoms. The first-order valence-corrected chi connectivity index (χ1v) is 12.3. The van der Waals surface area contributed by atoms with Crippen molar-refractivity contribution >= 4 is 21.4 Å². The topological polar surface area (TPSA) is 68.7 Å². The molecule has 0 atom stereocenters. The molecule has 0 saturated heterocycles. The van der Waals surface area contributed by atoms with Gasteiger partial charge in [-0.15, -0.1) is 11.3 Å². The Labute approximate surface area is 188 Å². The maximum absolute atomic E-state index is 13.2. The van der Waals surface area contributed by atoms with Crippen molar-refractivity contribution in [1.29, 1.82) is 0 Å². The Bertz CT molecular complexity index is 1110. The van der Waals surface area contributed by atoms with Crippen LogP contribution in [-0.2, 0) is 27.9 Å². The molecule has 31 heavy (non-hydrogen) atoms. The largest absolute Gasteiger partial charge is 0.486 e. The summed E-state index contributed by atoms with van der Waals surface area (Å²) in [6, 6.07) is 12.8. The molecule has 3 aromatic rings. The van der Waals surface area contributed by atoms with Crippen LogP contribution in [0.1, 0.15) is 27.4 Å². The lowest BCUT2D eigenvalue weighted by molar-refractivity contribution is 0.177. The molecule has 0 aliphatic rings. The number of sulfonamides is 1. The lowest BCUT2D eigenvalue weighted by Gasteiger charge is -2.21. The Morgan fingerprint density at radius 2 is 1.81 bits per heavy atom. The quantitative estimate of drug-likeness (QED) is 0.446. The molecule has 0 radical (unpaired) electrons. The average Bonchev–Trinajstić information content (AvgIpc) is 3.20. The van der Waals surface area contributed by atoms with Gasteiger partial charge in [0.25, 0.3) is 0 Å². The minimum atomic E-state index is -3.66. The van der Waals surface area contributed by atoms with Gasteiger partial charge in [0, 0.05) is 19.0 Å². The fraction of sp³-hybridized carbons (Fsp3) is 0.348. The summed E-state index contributed by atoms with van der Waals surface area (Å²) >= 11 is 1.46. The first-order valence-electron chi connectivity index (χ1n) is 9.99. The minimum Gasteiger partial charge on any atom is -0.486 e. The van der Waals surface area contributed by atoms with Crippen molar-refractivity contribution in [2.45, 2.75) is 38.8 Å². The van der Waals surface area contributed by atoms with Gasteiger partial charge >= 0.3 is 0 Å². The molecule has 0 fully saturated rings. The van der Waals surface area contributed by atoms with Crippen molar-refractivity contribution < 1.29 is 17.9 Å². The third kappa shape index (κ3) is 5.92. The Morgan fingerprint density at radius 3 is 2.52 bits per heavy atom. The van der Waals surface area contributed by atoms with E-state index in [0.717, 1.165) is 21.9 Å². The van der Waals surface area contributed by atoms with E-state index in [4.69, 9.17) is 9.47 Å². The van der Waals surface area contributed by atoms with Crippen LogP contribution in [0, 0.1) is 20.8 Å². The van der Waals surface area contributed by atoms with Crippen LogP contribution >= 0.6 is 11.3 Å². The van der Waals surface area contributed by atoms with Crippen molar-refractivity contribution in [2.24, 2.45) is 0 Å². The summed E-state index contributed by atoms with van der Waals surface area (Å²) in [6.45, 7) is 7.08. The van der Waals surface area contributed by atoms with E-state index in [1.807, 2.05) is 44.4 Å². The van der Waals surface area contributed by atoms with Gasteiger partial charge in [-0.05, 0) is 50.1 Å². The summed E-state index contributed by atoms with van der Waals surface area (Å²) < 4.78 is 38.8. The number of methoxy groups -OCH3 is 1. The Kier molecular flexibility index (Phi) is 7.83. The molecule has 1 heterocycles. The molecule has 0 aliphatic carbocycles. The number of ether oxygens (including phenoxy) is 2. The maximum atomic E-state index is 13.2. The number of benzene rings is 2. The molecule has 2 aromatic carbocycles. The SMILES string of the molecule is COCCN(Cc1csc(COc2cccc(C)c2C)n1)S(=O)(=O)c1ccc(C)cc1. The van der Waals surface area contributed by atoms with E-state index in [2.05, 4.69) is 4.98 Å². The minimum absolute atomic E-state index is 0.180. The highest BCUT2D eigenvalue weighted by atomic mass is 32.2. The van der Waals surface area contributed by atoms with Crippen molar-refractivity contribution in [2.75, 3.05) is 20.3 Å². The Balaban J connectivity index is 1.73. The monoisotopic (exact) mass is 460 g/mol. The smallest absolute Gasteiger partial charge is 0.243 e. The molecule has 8 heteroatoms. The zero-order valence-corrected chi connectivity index (χ0v) is 19.9. The van der Waals surface area contributed by atoms with Gasteiger partial charge in [0.1, 0.15) is 17.4 Å². The zero-order valence-electron chi connectivity index (χ0n) is 18.3. The summed E-state index contributed by atoms with van der Waals surface area (Å²) in [5, 5.41) is 2.68.